The molecular weight excluding hydrogens is 174 g/mol. The van der Waals surface area contributed by atoms with E-state index in [-0.39, 0.29) is 0 Å². The first-order chi connectivity index (χ1) is 6.90. The van der Waals surface area contributed by atoms with Crippen LogP contribution in [0.15, 0.2) is 30.3 Å². The second-order valence-electron chi connectivity index (χ2n) is 3.42. The van der Waals surface area contributed by atoms with E-state index in [4.69, 9.17) is 4.74 Å². The van der Waals surface area contributed by atoms with Crippen LogP contribution in [0.5, 0.6) is 5.75 Å². The SMILES string of the molecule is COc1cccc(C2=CCNCC2)c1. The topological polar surface area (TPSA) is 21.3 Å². The summed E-state index contributed by atoms with van der Waals surface area (Å²) in [5.41, 5.74) is 2.70. The quantitative estimate of drug-likeness (QED) is 0.769. The van der Waals surface area contributed by atoms with Crippen molar-refractivity contribution < 1.29 is 4.74 Å². The first-order valence-corrected chi connectivity index (χ1v) is 4.94. The molecule has 0 fully saturated rings. The molecule has 1 heterocycles. The van der Waals surface area contributed by atoms with E-state index in [9.17, 15) is 0 Å². The highest BCUT2D eigenvalue weighted by Gasteiger charge is 2.05. The molecule has 0 spiro atoms. The molecule has 0 amide bonds. The van der Waals surface area contributed by atoms with Gasteiger partial charge in [0.25, 0.3) is 0 Å². The molecule has 1 aliphatic heterocycles. The molecule has 1 aromatic rings. The minimum Gasteiger partial charge on any atom is -0.497 e. The van der Waals surface area contributed by atoms with Crippen molar-refractivity contribution in [3.8, 4) is 5.75 Å². The fourth-order valence-electron chi connectivity index (χ4n) is 1.71. The van der Waals surface area contributed by atoms with Crippen LogP contribution in [0.4, 0.5) is 0 Å². The van der Waals surface area contributed by atoms with Crippen LogP contribution in [0, 0.1) is 0 Å². The van der Waals surface area contributed by atoms with Gasteiger partial charge in [0.05, 0.1) is 7.11 Å². The molecule has 0 saturated heterocycles. The van der Waals surface area contributed by atoms with E-state index in [1.165, 1.54) is 11.1 Å². The summed E-state index contributed by atoms with van der Waals surface area (Å²) in [5, 5.41) is 3.31. The Morgan fingerprint density at radius 3 is 3.00 bits per heavy atom. The second kappa shape index (κ2) is 4.29. The van der Waals surface area contributed by atoms with Crippen LogP contribution in [0.25, 0.3) is 5.57 Å². The monoisotopic (exact) mass is 189 g/mol. The summed E-state index contributed by atoms with van der Waals surface area (Å²) in [6.45, 7) is 2.05. The molecule has 2 heteroatoms. The van der Waals surface area contributed by atoms with Crippen molar-refractivity contribution in [3.63, 3.8) is 0 Å². The normalized spacial score (nSPS) is 16.2. The summed E-state index contributed by atoms with van der Waals surface area (Å²) in [6, 6.07) is 8.25. The maximum Gasteiger partial charge on any atom is 0.119 e. The number of ether oxygens (including phenoxy) is 1. The lowest BCUT2D eigenvalue weighted by atomic mass is 10.0. The number of rotatable bonds is 2. The number of nitrogens with one attached hydrogen (secondary N) is 1. The van der Waals surface area contributed by atoms with E-state index in [1.54, 1.807) is 7.11 Å². The third-order valence-corrected chi connectivity index (χ3v) is 2.50. The predicted octanol–water partition coefficient (Wildman–Crippen LogP) is 2.07. The number of hydrogen-bond acceptors (Lipinski definition) is 2. The van der Waals surface area contributed by atoms with Crippen LogP contribution in [0.1, 0.15) is 12.0 Å². The molecule has 0 radical (unpaired) electrons. The van der Waals surface area contributed by atoms with Gasteiger partial charge in [-0.25, -0.2) is 0 Å². The van der Waals surface area contributed by atoms with Gasteiger partial charge in [-0.15, -0.1) is 0 Å². The van der Waals surface area contributed by atoms with Gasteiger partial charge in [-0.05, 0) is 36.2 Å². The van der Waals surface area contributed by atoms with E-state index < -0.39 is 0 Å². The highest BCUT2D eigenvalue weighted by Crippen LogP contribution is 2.23. The number of methoxy groups -OCH3 is 1. The Bertz CT molecular complexity index is 344. The van der Waals surface area contributed by atoms with Crippen molar-refractivity contribution in [1.29, 1.82) is 0 Å². The predicted molar refractivity (Wildman–Crippen MR) is 58.5 cm³/mol. The maximum atomic E-state index is 5.20. The van der Waals surface area contributed by atoms with Crippen molar-refractivity contribution in [2.75, 3.05) is 20.2 Å². The van der Waals surface area contributed by atoms with Gasteiger partial charge in [0.1, 0.15) is 5.75 Å². The molecule has 74 valence electrons. The molecule has 2 rings (SSSR count). The molecule has 1 aromatic carbocycles. The van der Waals surface area contributed by atoms with Crippen LogP contribution in [-0.4, -0.2) is 20.2 Å². The maximum absolute atomic E-state index is 5.20. The van der Waals surface area contributed by atoms with Gasteiger partial charge >= 0.3 is 0 Å². The van der Waals surface area contributed by atoms with Gasteiger partial charge in [-0.2, -0.15) is 0 Å². The third-order valence-electron chi connectivity index (χ3n) is 2.50. The Morgan fingerprint density at radius 1 is 1.36 bits per heavy atom. The van der Waals surface area contributed by atoms with Crippen LogP contribution in [-0.2, 0) is 0 Å². The molecule has 1 aliphatic rings. The Labute approximate surface area is 84.6 Å². The molecule has 0 aromatic heterocycles. The Hall–Kier alpha value is -1.28. The zero-order valence-electron chi connectivity index (χ0n) is 8.42. The minimum absolute atomic E-state index is 0.932. The lowest BCUT2D eigenvalue weighted by molar-refractivity contribution is 0.414. The van der Waals surface area contributed by atoms with E-state index >= 15 is 0 Å². The Kier molecular flexibility index (Phi) is 2.84. The molecular formula is C12H15NO. The highest BCUT2D eigenvalue weighted by molar-refractivity contribution is 5.67. The zero-order valence-corrected chi connectivity index (χ0v) is 8.42. The first kappa shape index (κ1) is 9.28. The van der Waals surface area contributed by atoms with Crippen molar-refractivity contribution >= 4 is 5.57 Å². The lowest BCUT2D eigenvalue weighted by Crippen LogP contribution is -2.19. The summed E-state index contributed by atoms with van der Waals surface area (Å²) < 4.78 is 5.20. The first-order valence-electron chi connectivity index (χ1n) is 4.94. The fourth-order valence-corrected chi connectivity index (χ4v) is 1.71. The zero-order chi connectivity index (χ0) is 9.80. The second-order valence-corrected chi connectivity index (χ2v) is 3.42. The van der Waals surface area contributed by atoms with Crippen LogP contribution < -0.4 is 10.1 Å². The summed E-state index contributed by atoms with van der Waals surface area (Å²) in [4.78, 5) is 0. The van der Waals surface area contributed by atoms with Crippen molar-refractivity contribution in [2.45, 2.75) is 6.42 Å². The molecule has 0 unspecified atom stereocenters. The van der Waals surface area contributed by atoms with Gasteiger partial charge in [0.15, 0.2) is 0 Å². The largest absolute Gasteiger partial charge is 0.497 e. The van der Waals surface area contributed by atoms with Gasteiger partial charge in [0, 0.05) is 6.54 Å². The summed E-state index contributed by atoms with van der Waals surface area (Å²) in [5.74, 6) is 0.932. The summed E-state index contributed by atoms with van der Waals surface area (Å²) in [7, 11) is 1.70. The Balaban J connectivity index is 2.26. The highest BCUT2D eigenvalue weighted by atomic mass is 16.5. The van der Waals surface area contributed by atoms with Crippen molar-refractivity contribution in [1.82, 2.24) is 5.32 Å². The van der Waals surface area contributed by atoms with Crippen LogP contribution in [0.3, 0.4) is 0 Å². The Morgan fingerprint density at radius 2 is 2.29 bits per heavy atom. The number of benzene rings is 1. The molecule has 0 aliphatic carbocycles. The molecule has 1 N–H and O–H groups in total. The summed E-state index contributed by atoms with van der Waals surface area (Å²) in [6.07, 6.45) is 3.35. The van der Waals surface area contributed by atoms with Gasteiger partial charge in [-0.3, -0.25) is 0 Å². The average Bonchev–Trinajstić information content (AvgIpc) is 2.30. The minimum atomic E-state index is 0.932. The van der Waals surface area contributed by atoms with Crippen LogP contribution in [0.2, 0.25) is 0 Å². The molecule has 0 bridgehead atoms. The van der Waals surface area contributed by atoms with Crippen molar-refractivity contribution in [3.05, 3.63) is 35.9 Å². The van der Waals surface area contributed by atoms with E-state index in [0.29, 0.717) is 0 Å². The average molecular weight is 189 g/mol. The lowest BCUT2D eigenvalue weighted by Gasteiger charge is -2.14. The molecule has 0 atom stereocenters. The summed E-state index contributed by atoms with van der Waals surface area (Å²) >= 11 is 0. The van der Waals surface area contributed by atoms with Crippen LogP contribution >= 0.6 is 0 Å². The molecule has 2 nitrogen and oxygen atoms in total. The van der Waals surface area contributed by atoms with E-state index in [2.05, 4.69) is 23.5 Å². The smallest absolute Gasteiger partial charge is 0.119 e. The van der Waals surface area contributed by atoms with Gasteiger partial charge in [-0.1, -0.05) is 18.2 Å². The third kappa shape index (κ3) is 1.96. The van der Waals surface area contributed by atoms with Gasteiger partial charge in [0.2, 0.25) is 0 Å². The number of hydrogen-bond donors (Lipinski definition) is 1. The van der Waals surface area contributed by atoms with E-state index in [1.807, 2.05) is 12.1 Å². The standard InChI is InChI=1S/C12H15NO/c1-14-12-4-2-3-11(9-12)10-5-7-13-8-6-10/h2-5,9,13H,6-8H2,1H3. The molecule has 14 heavy (non-hydrogen) atoms. The molecule has 0 saturated carbocycles. The fraction of sp³-hybridized carbons (Fsp3) is 0.333. The van der Waals surface area contributed by atoms with Gasteiger partial charge < -0.3 is 10.1 Å². The van der Waals surface area contributed by atoms with E-state index in [0.717, 1.165) is 25.3 Å². The van der Waals surface area contributed by atoms with Crippen molar-refractivity contribution in [2.24, 2.45) is 0 Å².